The van der Waals surface area contributed by atoms with E-state index in [1.165, 1.54) is 19.0 Å². The van der Waals surface area contributed by atoms with Crippen LogP contribution in [0.3, 0.4) is 0 Å². The summed E-state index contributed by atoms with van der Waals surface area (Å²) in [4.78, 5) is 36.2. The number of carbonyl (C=O) groups is 3. The number of methoxy groups -OCH3 is 1. The molecule has 166 valence electrons. The average Bonchev–Trinajstić information content (AvgIpc) is 3.02. The summed E-state index contributed by atoms with van der Waals surface area (Å²) in [5, 5.41) is 5.64. The smallest absolute Gasteiger partial charge is 0.338 e. The number of amides is 1. The first-order valence-corrected chi connectivity index (χ1v) is 9.99. The first-order chi connectivity index (χ1) is 15.2. The highest BCUT2D eigenvalue weighted by atomic mass is 16.6. The number of carbonyl (C=O) groups excluding carboxylic acids is 3. The monoisotopic (exact) mass is 436 g/mol. The Morgan fingerprint density at radius 3 is 2.34 bits per heavy atom. The first kappa shape index (κ1) is 22.7. The second kappa shape index (κ2) is 9.47. The van der Waals surface area contributed by atoms with E-state index in [1.807, 2.05) is 0 Å². The van der Waals surface area contributed by atoms with Gasteiger partial charge in [-0.3, -0.25) is 9.59 Å². The summed E-state index contributed by atoms with van der Waals surface area (Å²) >= 11 is 0. The van der Waals surface area contributed by atoms with Gasteiger partial charge in [0, 0.05) is 6.92 Å². The number of ether oxygens (including phenoxy) is 3. The number of nitrogens with zero attached hydrogens (tertiary/aromatic N) is 2. The van der Waals surface area contributed by atoms with E-state index in [-0.39, 0.29) is 12.0 Å². The Bertz CT molecular complexity index is 1120. The van der Waals surface area contributed by atoms with Crippen molar-refractivity contribution < 1.29 is 28.6 Å². The molecule has 2 aromatic carbocycles. The van der Waals surface area contributed by atoms with E-state index in [2.05, 4.69) is 5.10 Å². The van der Waals surface area contributed by atoms with E-state index in [0.29, 0.717) is 39.6 Å². The lowest BCUT2D eigenvalue weighted by molar-refractivity contribution is -0.132. The minimum atomic E-state index is -0.456. The zero-order chi connectivity index (χ0) is 23.4. The number of hydrogen-bond donors (Lipinski definition) is 0. The molecule has 1 aliphatic rings. The molecular formula is C24H24N2O6. The predicted molar refractivity (Wildman–Crippen MR) is 120 cm³/mol. The topological polar surface area (TPSA) is 94.5 Å². The van der Waals surface area contributed by atoms with Crippen molar-refractivity contribution in [3.05, 3.63) is 59.2 Å². The molecule has 2 aromatic rings. The van der Waals surface area contributed by atoms with E-state index in [0.717, 1.165) is 0 Å². The molecule has 0 saturated heterocycles. The minimum absolute atomic E-state index is 0.219. The SMILES string of the molecule is COc1cc(C=C2C(=O)N(c3ccc(C(=O)OC(C)C)cc3)N=C2C)ccc1OC(C)=O. The quantitative estimate of drug-likeness (QED) is 0.386. The van der Waals surface area contributed by atoms with Crippen LogP contribution >= 0.6 is 0 Å². The van der Waals surface area contributed by atoms with Crippen molar-refractivity contribution in [2.24, 2.45) is 5.10 Å². The lowest BCUT2D eigenvalue weighted by Crippen LogP contribution is -2.21. The Balaban J connectivity index is 1.83. The van der Waals surface area contributed by atoms with Gasteiger partial charge in [0.2, 0.25) is 0 Å². The average molecular weight is 436 g/mol. The van der Waals surface area contributed by atoms with Gasteiger partial charge in [0.25, 0.3) is 5.91 Å². The van der Waals surface area contributed by atoms with E-state index in [9.17, 15) is 14.4 Å². The maximum absolute atomic E-state index is 13.0. The molecular weight excluding hydrogens is 412 g/mol. The first-order valence-electron chi connectivity index (χ1n) is 9.99. The van der Waals surface area contributed by atoms with Crippen LogP contribution in [-0.2, 0) is 14.3 Å². The molecule has 0 aromatic heterocycles. The van der Waals surface area contributed by atoms with Gasteiger partial charge < -0.3 is 14.2 Å². The fraction of sp³-hybridized carbons (Fsp3) is 0.250. The lowest BCUT2D eigenvalue weighted by atomic mass is 10.1. The highest BCUT2D eigenvalue weighted by Gasteiger charge is 2.29. The second-order valence-electron chi connectivity index (χ2n) is 7.37. The Kier molecular flexibility index (Phi) is 6.73. The van der Waals surface area contributed by atoms with E-state index in [1.54, 1.807) is 69.3 Å². The van der Waals surface area contributed by atoms with Gasteiger partial charge >= 0.3 is 11.9 Å². The Hall–Kier alpha value is -3.94. The molecule has 0 atom stereocenters. The van der Waals surface area contributed by atoms with E-state index in [4.69, 9.17) is 14.2 Å². The summed E-state index contributed by atoms with van der Waals surface area (Å²) in [6, 6.07) is 11.5. The normalized spacial score (nSPS) is 14.6. The van der Waals surface area contributed by atoms with E-state index < -0.39 is 11.9 Å². The van der Waals surface area contributed by atoms with Crippen LogP contribution in [-0.4, -0.2) is 36.8 Å². The molecule has 0 aliphatic carbocycles. The Labute approximate surface area is 186 Å². The Morgan fingerprint density at radius 2 is 1.75 bits per heavy atom. The van der Waals surface area contributed by atoms with Crippen LogP contribution < -0.4 is 14.5 Å². The van der Waals surface area contributed by atoms with Gasteiger partial charge in [0.1, 0.15) is 0 Å². The summed E-state index contributed by atoms with van der Waals surface area (Å²) in [5.41, 5.74) is 2.56. The molecule has 1 aliphatic heterocycles. The fourth-order valence-electron chi connectivity index (χ4n) is 3.06. The largest absolute Gasteiger partial charge is 0.493 e. The molecule has 0 fully saturated rings. The number of rotatable bonds is 6. The van der Waals surface area contributed by atoms with Gasteiger partial charge in [-0.25, -0.2) is 4.79 Å². The van der Waals surface area contributed by atoms with Crippen LogP contribution in [0.2, 0.25) is 0 Å². The molecule has 8 nitrogen and oxygen atoms in total. The van der Waals surface area contributed by atoms with Crippen molar-refractivity contribution in [3.8, 4) is 11.5 Å². The molecule has 1 amide bonds. The molecule has 32 heavy (non-hydrogen) atoms. The van der Waals surface area contributed by atoms with Crippen molar-refractivity contribution in [3.63, 3.8) is 0 Å². The molecule has 8 heteroatoms. The third-order valence-electron chi connectivity index (χ3n) is 4.51. The van der Waals surface area contributed by atoms with Crippen molar-refractivity contribution in [1.82, 2.24) is 0 Å². The second-order valence-corrected chi connectivity index (χ2v) is 7.37. The highest BCUT2D eigenvalue weighted by molar-refractivity contribution is 6.32. The van der Waals surface area contributed by atoms with Gasteiger partial charge in [0.05, 0.1) is 35.7 Å². The molecule has 0 radical (unpaired) electrons. The van der Waals surface area contributed by atoms with Crippen LogP contribution in [0.25, 0.3) is 6.08 Å². The third kappa shape index (κ3) is 5.03. The van der Waals surface area contributed by atoms with Crippen LogP contribution in [0.5, 0.6) is 11.5 Å². The van der Waals surface area contributed by atoms with Gasteiger partial charge in [-0.1, -0.05) is 6.07 Å². The zero-order valence-corrected chi connectivity index (χ0v) is 18.5. The predicted octanol–water partition coefficient (Wildman–Crippen LogP) is 3.99. The van der Waals surface area contributed by atoms with Crippen LogP contribution in [0.15, 0.2) is 53.1 Å². The van der Waals surface area contributed by atoms with Gasteiger partial charge in [-0.15, -0.1) is 0 Å². The molecule has 3 rings (SSSR count). The molecule has 0 unspecified atom stereocenters. The van der Waals surface area contributed by atoms with Crippen molar-refractivity contribution in [2.45, 2.75) is 33.8 Å². The van der Waals surface area contributed by atoms with Gasteiger partial charge in [-0.05, 0) is 68.8 Å². The molecule has 0 bridgehead atoms. The number of hydrogen-bond acceptors (Lipinski definition) is 7. The summed E-state index contributed by atoms with van der Waals surface area (Å²) in [7, 11) is 1.47. The standard InChI is InChI=1S/C24H24N2O6/c1-14(2)31-24(29)18-7-9-19(10-8-18)26-23(28)20(15(3)25-26)12-17-6-11-21(32-16(4)27)22(13-17)30-5/h6-14H,1-5H3. The van der Waals surface area contributed by atoms with Gasteiger partial charge in [0.15, 0.2) is 11.5 Å². The number of benzene rings is 2. The van der Waals surface area contributed by atoms with E-state index >= 15 is 0 Å². The van der Waals surface area contributed by atoms with Gasteiger partial charge in [-0.2, -0.15) is 10.1 Å². The summed E-state index contributed by atoms with van der Waals surface area (Å²) in [6.07, 6.45) is 1.47. The zero-order valence-electron chi connectivity index (χ0n) is 18.5. The molecule has 0 saturated carbocycles. The van der Waals surface area contributed by atoms with Crippen LogP contribution in [0.1, 0.15) is 43.6 Å². The Morgan fingerprint density at radius 1 is 1.06 bits per heavy atom. The van der Waals surface area contributed by atoms with Crippen molar-refractivity contribution >= 4 is 35.3 Å². The lowest BCUT2D eigenvalue weighted by Gasteiger charge is -2.13. The number of esters is 2. The maximum atomic E-state index is 13.0. The minimum Gasteiger partial charge on any atom is -0.493 e. The van der Waals surface area contributed by atoms with Crippen LogP contribution in [0, 0.1) is 0 Å². The maximum Gasteiger partial charge on any atom is 0.338 e. The number of hydrazone groups is 1. The third-order valence-corrected chi connectivity index (χ3v) is 4.51. The van der Waals surface area contributed by atoms with Crippen molar-refractivity contribution in [2.75, 3.05) is 12.1 Å². The highest BCUT2D eigenvalue weighted by Crippen LogP contribution is 2.31. The van der Waals surface area contributed by atoms with Crippen molar-refractivity contribution in [1.29, 1.82) is 0 Å². The molecule has 1 heterocycles. The fourth-order valence-corrected chi connectivity index (χ4v) is 3.06. The summed E-state index contributed by atoms with van der Waals surface area (Å²) in [5.74, 6) is -0.519. The number of anilines is 1. The summed E-state index contributed by atoms with van der Waals surface area (Å²) < 4.78 is 15.6. The van der Waals surface area contributed by atoms with Crippen LogP contribution in [0.4, 0.5) is 5.69 Å². The summed E-state index contributed by atoms with van der Waals surface area (Å²) in [6.45, 7) is 6.60. The molecule has 0 N–H and O–H groups in total. The molecule has 0 spiro atoms.